The van der Waals surface area contributed by atoms with E-state index in [1.165, 1.54) is 37.5 Å². The summed E-state index contributed by atoms with van der Waals surface area (Å²) in [6.07, 6.45) is -4.79. The number of amides is 6. The van der Waals surface area contributed by atoms with E-state index in [1.807, 2.05) is 13.8 Å². The van der Waals surface area contributed by atoms with Gasteiger partial charge in [-0.25, -0.2) is 0 Å². The molecule has 388 valence electrons. The van der Waals surface area contributed by atoms with Crippen LogP contribution < -0.4 is 31.1 Å². The quantitative estimate of drug-likeness (QED) is 0.0463. The Bertz CT molecular complexity index is 2100. The molecule has 11 N–H and O–H groups in total. The standard InChI is InChI=1S/C48H76N6O15/c1-11-14-49-47(66)41-27(5)39(45(64)50-17-26(4)57)29(7)43(37(41)12-2)53(31(9)58)20-35(62)24-68-15-16-69-25-36(63)21-54(32(10)59)44-30(8)40(46(65)51-18-33(60)22-55)28(6)42(38(44)13-3)48(67)52-19-34(61)23-56/h26,33-36,55-57,60-63H,11-25H2,1-10H3,(H,49,66)(H,50,64)(H,51,65)(H,52,67). The number of carbonyl (C=O) groups excluding carboxylic acids is 6. The number of aliphatic hydroxyl groups excluding tert-OH is 7. The summed E-state index contributed by atoms with van der Waals surface area (Å²) in [6.45, 7) is 13.1. The summed E-state index contributed by atoms with van der Waals surface area (Å²) in [5.74, 6) is -3.38. The number of nitrogens with one attached hydrogen (secondary N) is 4. The van der Waals surface area contributed by atoms with Gasteiger partial charge in [0, 0.05) is 62.3 Å². The molecule has 21 nitrogen and oxygen atoms in total. The second-order valence-electron chi connectivity index (χ2n) is 17.0. The second-order valence-corrected chi connectivity index (χ2v) is 17.0. The van der Waals surface area contributed by atoms with Crippen LogP contribution in [0.5, 0.6) is 0 Å². The molecule has 0 aliphatic carbocycles. The number of ether oxygens (including phenoxy) is 2. The maximum Gasteiger partial charge on any atom is 0.252 e. The summed E-state index contributed by atoms with van der Waals surface area (Å²) in [5.41, 5.74) is 3.10. The van der Waals surface area contributed by atoms with Crippen LogP contribution in [-0.4, -0.2) is 181 Å². The van der Waals surface area contributed by atoms with E-state index in [9.17, 15) is 64.5 Å². The minimum Gasteiger partial charge on any atom is -0.394 e. The molecule has 2 rings (SSSR count). The van der Waals surface area contributed by atoms with Crippen LogP contribution in [0.2, 0.25) is 0 Å². The third-order valence-electron chi connectivity index (χ3n) is 11.3. The first kappa shape index (κ1) is 60.0. The lowest BCUT2D eigenvalue weighted by atomic mass is 9.87. The van der Waals surface area contributed by atoms with Gasteiger partial charge in [0.15, 0.2) is 0 Å². The predicted octanol–water partition coefficient (Wildman–Crippen LogP) is -0.378. The Kier molecular flexibility index (Phi) is 25.4. The molecule has 0 bridgehead atoms. The summed E-state index contributed by atoms with van der Waals surface area (Å²) >= 11 is 0. The maximum absolute atomic E-state index is 13.7. The van der Waals surface area contributed by atoms with Crippen LogP contribution in [0.15, 0.2) is 0 Å². The van der Waals surface area contributed by atoms with Gasteiger partial charge in [-0.1, -0.05) is 20.8 Å². The van der Waals surface area contributed by atoms with Gasteiger partial charge in [-0.05, 0) is 87.3 Å². The molecule has 2 aromatic rings. The number of nitrogens with zero attached hydrogens (tertiary/aromatic N) is 2. The first-order chi connectivity index (χ1) is 32.5. The maximum atomic E-state index is 13.7. The summed E-state index contributed by atoms with van der Waals surface area (Å²) in [7, 11) is 0. The molecule has 0 fully saturated rings. The summed E-state index contributed by atoms with van der Waals surface area (Å²) in [4.78, 5) is 83.6. The van der Waals surface area contributed by atoms with E-state index in [4.69, 9.17) is 9.47 Å². The second kappa shape index (κ2) is 29.2. The Morgan fingerprint density at radius 3 is 1.19 bits per heavy atom. The lowest BCUT2D eigenvalue weighted by molar-refractivity contribution is -0.118. The average molecular weight is 977 g/mol. The number of hydrogen-bond acceptors (Lipinski definition) is 15. The van der Waals surface area contributed by atoms with Crippen molar-refractivity contribution in [1.82, 2.24) is 21.3 Å². The fourth-order valence-corrected chi connectivity index (χ4v) is 8.13. The number of benzene rings is 2. The van der Waals surface area contributed by atoms with Gasteiger partial charge >= 0.3 is 0 Å². The normalized spacial score (nSPS) is 13.5. The van der Waals surface area contributed by atoms with Crippen LogP contribution >= 0.6 is 0 Å². The smallest absolute Gasteiger partial charge is 0.252 e. The van der Waals surface area contributed by atoms with E-state index >= 15 is 0 Å². The first-order valence-corrected chi connectivity index (χ1v) is 23.3. The molecule has 0 saturated carbocycles. The van der Waals surface area contributed by atoms with Crippen LogP contribution in [0.1, 0.15) is 123 Å². The fourth-order valence-electron chi connectivity index (χ4n) is 8.13. The molecular weight excluding hydrogens is 901 g/mol. The molecule has 2 aromatic carbocycles. The Morgan fingerprint density at radius 1 is 0.522 bits per heavy atom. The van der Waals surface area contributed by atoms with E-state index in [0.717, 1.165) is 0 Å². The van der Waals surface area contributed by atoms with E-state index in [1.54, 1.807) is 27.7 Å². The Hall–Kier alpha value is -5.10. The van der Waals surface area contributed by atoms with Crippen LogP contribution in [0, 0.1) is 27.7 Å². The van der Waals surface area contributed by atoms with Gasteiger partial charge < -0.3 is 76.3 Å². The minimum absolute atomic E-state index is 0.00315. The molecule has 0 aliphatic heterocycles. The number of anilines is 2. The molecular formula is C48H76N6O15. The van der Waals surface area contributed by atoms with Gasteiger partial charge in [0.05, 0.1) is 94.6 Å². The topological polar surface area (TPSA) is 317 Å². The largest absolute Gasteiger partial charge is 0.394 e. The van der Waals surface area contributed by atoms with E-state index in [0.29, 0.717) is 47.3 Å². The number of aliphatic hydroxyl groups is 7. The van der Waals surface area contributed by atoms with Crippen LogP contribution in [0.25, 0.3) is 0 Å². The zero-order valence-corrected chi connectivity index (χ0v) is 41.8. The Labute approximate surface area is 404 Å². The van der Waals surface area contributed by atoms with Gasteiger partial charge in [-0.3, -0.25) is 28.8 Å². The average Bonchev–Trinajstić information content (AvgIpc) is 3.30. The molecule has 0 radical (unpaired) electrons. The first-order valence-electron chi connectivity index (χ1n) is 23.3. The van der Waals surface area contributed by atoms with Crippen molar-refractivity contribution in [3.63, 3.8) is 0 Å². The molecule has 69 heavy (non-hydrogen) atoms. The van der Waals surface area contributed by atoms with Crippen molar-refractivity contribution in [2.45, 2.75) is 119 Å². The number of hydrogen-bond donors (Lipinski definition) is 11. The van der Waals surface area contributed by atoms with Crippen molar-refractivity contribution in [2.24, 2.45) is 0 Å². The van der Waals surface area contributed by atoms with Crippen molar-refractivity contribution in [3.05, 3.63) is 55.6 Å². The monoisotopic (exact) mass is 977 g/mol. The molecule has 6 amide bonds. The van der Waals surface area contributed by atoms with Crippen molar-refractivity contribution in [3.8, 4) is 0 Å². The van der Waals surface area contributed by atoms with Crippen LogP contribution in [0.3, 0.4) is 0 Å². The highest BCUT2D eigenvalue weighted by Gasteiger charge is 2.33. The molecule has 0 heterocycles. The van der Waals surface area contributed by atoms with Crippen molar-refractivity contribution < 1.29 is 74.0 Å². The molecule has 0 aromatic heterocycles. The Morgan fingerprint density at radius 2 is 0.870 bits per heavy atom. The minimum atomic E-state index is -1.30. The molecule has 0 spiro atoms. The lowest BCUT2D eigenvalue weighted by Gasteiger charge is -2.31. The third-order valence-corrected chi connectivity index (χ3v) is 11.3. The van der Waals surface area contributed by atoms with E-state index < -0.39 is 79.2 Å². The zero-order chi connectivity index (χ0) is 52.3. The zero-order valence-electron chi connectivity index (χ0n) is 41.8. The van der Waals surface area contributed by atoms with Crippen molar-refractivity contribution in [2.75, 3.05) is 88.7 Å². The van der Waals surface area contributed by atoms with Gasteiger partial charge in [0.25, 0.3) is 23.6 Å². The molecule has 5 atom stereocenters. The lowest BCUT2D eigenvalue weighted by Crippen LogP contribution is -2.41. The summed E-state index contributed by atoms with van der Waals surface area (Å²) < 4.78 is 11.3. The van der Waals surface area contributed by atoms with Crippen molar-refractivity contribution >= 4 is 46.8 Å². The van der Waals surface area contributed by atoms with Gasteiger partial charge in [0.2, 0.25) is 11.8 Å². The third kappa shape index (κ3) is 16.5. The SMILES string of the molecule is CCCNC(=O)c1c(C)c(C(=O)NCC(C)O)c(C)c(N(CC(O)COCCOCC(O)CN(C(C)=O)c2c(C)c(C(=O)NCC(O)CO)c(C)c(C(=O)NCC(O)CO)c2CC)C(C)=O)c1CC. The highest BCUT2D eigenvalue weighted by atomic mass is 16.5. The molecule has 0 aliphatic rings. The van der Waals surface area contributed by atoms with Crippen LogP contribution in [0.4, 0.5) is 11.4 Å². The number of rotatable bonds is 29. The summed E-state index contributed by atoms with van der Waals surface area (Å²) in [5, 5.41) is 81.2. The Balaban J connectivity index is 2.32. The fraction of sp³-hybridized carbons (Fsp3) is 0.625. The molecule has 21 heteroatoms. The number of carbonyl (C=O) groups is 6. The van der Waals surface area contributed by atoms with Gasteiger partial charge in [-0.2, -0.15) is 0 Å². The van der Waals surface area contributed by atoms with Crippen molar-refractivity contribution in [1.29, 1.82) is 0 Å². The van der Waals surface area contributed by atoms with Gasteiger partial charge in [0.1, 0.15) is 0 Å². The highest BCUT2D eigenvalue weighted by Crippen LogP contribution is 2.37. The van der Waals surface area contributed by atoms with Crippen LogP contribution in [-0.2, 0) is 31.9 Å². The van der Waals surface area contributed by atoms with E-state index in [-0.39, 0.29) is 105 Å². The predicted molar refractivity (Wildman–Crippen MR) is 258 cm³/mol. The van der Waals surface area contributed by atoms with Gasteiger partial charge in [-0.15, -0.1) is 0 Å². The molecule has 5 unspecified atom stereocenters. The molecule has 0 saturated heterocycles. The highest BCUT2D eigenvalue weighted by molar-refractivity contribution is 6.09. The summed E-state index contributed by atoms with van der Waals surface area (Å²) in [6, 6.07) is 0. The van der Waals surface area contributed by atoms with E-state index in [2.05, 4.69) is 21.3 Å².